The zero-order chi connectivity index (χ0) is 17.8. The van der Waals surface area contributed by atoms with Crippen molar-refractivity contribution in [1.29, 1.82) is 0 Å². The number of rotatable bonds is 5. The number of hydrogen-bond donors (Lipinski definition) is 1. The van der Waals surface area contributed by atoms with E-state index >= 15 is 0 Å². The Labute approximate surface area is 148 Å². The minimum absolute atomic E-state index is 0.220. The Bertz CT molecular complexity index is 867. The van der Waals surface area contributed by atoms with Gasteiger partial charge in [-0.3, -0.25) is 10.1 Å². The van der Waals surface area contributed by atoms with Crippen molar-refractivity contribution in [2.45, 2.75) is 13.5 Å². The third kappa shape index (κ3) is 4.16. The van der Waals surface area contributed by atoms with Gasteiger partial charge in [0.25, 0.3) is 5.91 Å². The predicted octanol–water partition coefficient (Wildman–Crippen LogP) is 3.27. The van der Waals surface area contributed by atoms with Gasteiger partial charge in [-0.25, -0.2) is 9.37 Å². The van der Waals surface area contributed by atoms with Gasteiger partial charge in [-0.05, 0) is 36.2 Å². The summed E-state index contributed by atoms with van der Waals surface area (Å²) in [6.45, 7) is 2.25. The first-order valence-electron chi connectivity index (χ1n) is 7.52. The molecule has 0 radical (unpaired) electrons. The van der Waals surface area contributed by atoms with E-state index in [0.29, 0.717) is 28.6 Å². The quantitative estimate of drug-likeness (QED) is 0.759. The summed E-state index contributed by atoms with van der Waals surface area (Å²) in [6, 6.07) is 8.60. The number of carbonyl (C=O) groups is 1. The molecule has 0 bridgehead atoms. The highest BCUT2D eigenvalue weighted by Crippen LogP contribution is 2.16. The van der Waals surface area contributed by atoms with E-state index in [4.69, 9.17) is 0 Å². The topological polar surface area (TPSA) is 71.0 Å². The van der Waals surface area contributed by atoms with E-state index in [1.54, 1.807) is 30.6 Å². The summed E-state index contributed by atoms with van der Waals surface area (Å²) in [4.78, 5) is 18.3. The summed E-state index contributed by atoms with van der Waals surface area (Å²) in [6.07, 6.45) is 1.50. The smallest absolute Gasteiger partial charge is 0.259 e. The lowest BCUT2D eigenvalue weighted by Gasteiger charge is -2.18. The fraction of sp³-hybridized carbons (Fsp3) is 0.176. The highest BCUT2D eigenvalue weighted by molar-refractivity contribution is 7.13. The maximum Gasteiger partial charge on any atom is 0.259 e. The van der Waals surface area contributed by atoms with Gasteiger partial charge in [0.05, 0.1) is 5.56 Å². The van der Waals surface area contributed by atoms with Crippen LogP contribution in [-0.2, 0) is 6.54 Å². The lowest BCUT2D eigenvalue weighted by Crippen LogP contribution is -2.18. The van der Waals surface area contributed by atoms with E-state index in [1.807, 2.05) is 18.0 Å². The highest BCUT2D eigenvalue weighted by Gasteiger charge is 2.10. The van der Waals surface area contributed by atoms with Gasteiger partial charge >= 0.3 is 0 Å². The van der Waals surface area contributed by atoms with E-state index in [9.17, 15) is 9.18 Å². The van der Waals surface area contributed by atoms with Crippen LogP contribution in [0.2, 0.25) is 0 Å². The first-order chi connectivity index (χ1) is 12.0. The number of nitrogens with zero attached hydrogens (tertiary/aromatic N) is 4. The van der Waals surface area contributed by atoms with Crippen LogP contribution in [-0.4, -0.2) is 28.1 Å². The number of nitrogens with one attached hydrogen (secondary N) is 1. The van der Waals surface area contributed by atoms with Gasteiger partial charge in [0.15, 0.2) is 0 Å². The molecule has 0 aliphatic carbocycles. The van der Waals surface area contributed by atoms with Crippen LogP contribution in [0.4, 0.5) is 15.3 Å². The summed E-state index contributed by atoms with van der Waals surface area (Å²) in [5, 5.41) is 10.5. The highest BCUT2D eigenvalue weighted by atomic mass is 32.1. The lowest BCUT2D eigenvalue weighted by molar-refractivity contribution is 0.102. The number of aromatic nitrogens is 3. The Hall–Kier alpha value is -2.87. The molecule has 25 heavy (non-hydrogen) atoms. The molecule has 1 amide bonds. The fourth-order valence-corrected chi connectivity index (χ4v) is 2.67. The van der Waals surface area contributed by atoms with Crippen molar-refractivity contribution < 1.29 is 9.18 Å². The van der Waals surface area contributed by atoms with Crippen molar-refractivity contribution in [2.75, 3.05) is 17.3 Å². The molecule has 0 fully saturated rings. The summed E-state index contributed by atoms with van der Waals surface area (Å²) in [5.74, 6) is 0.176. The molecule has 2 aromatic heterocycles. The maximum atomic E-state index is 13.6. The number of aryl methyl sites for hydroxylation is 1. The number of benzene rings is 1. The second kappa shape index (κ2) is 7.35. The number of pyridine rings is 1. The fourth-order valence-electron chi connectivity index (χ4n) is 2.23. The van der Waals surface area contributed by atoms with Gasteiger partial charge in [-0.2, -0.15) is 0 Å². The number of amides is 1. The molecular formula is C17H16FN5OS. The average molecular weight is 357 g/mol. The second-order valence-corrected chi connectivity index (χ2v) is 6.38. The Morgan fingerprint density at radius 3 is 2.80 bits per heavy atom. The lowest BCUT2D eigenvalue weighted by atomic mass is 10.1. The van der Waals surface area contributed by atoms with Gasteiger partial charge < -0.3 is 4.90 Å². The zero-order valence-electron chi connectivity index (χ0n) is 13.7. The molecular weight excluding hydrogens is 341 g/mol. The summed E-state index contributed by atoms with van der Waals surface area (Å²) in [7, 11) is 1.86. The van der Waals surface area contributed by atoms with E-state index < -0.39 is 0 Å². The molecule has 0 aliphatic rings. The predicted molar refractivity (Wildman–Crippen MR) is 95.3 cm³/mol. The molecule has 0 unspecified atom stereocenters. The average Bonchev–Trinajstić information content (AvgIpc) is 3.11. The maximum absolute atomic E-state index is 13.6. The number of carbonyl (C=O) groups excluding carboxylic acids is 1. The SMILES string of the molecule is Cc1ccc(CN(C)c2ccc(C(=O)Nc3nncs3)cn2)cc1F. The van der Waals surface area contributed by atoms with Crippen LogP contribution >= 0.6 is 11.3 Å². The van der Waals surface area contributed by atoms with Gasteiger partial charge in [0.2, 0.25) is 5.13 Å². The van der Waals surface area contributed by atoms with Gasteiger partial charge in [0.1, 0.15) is 17.1 Å². The molecule has 1 N–H and O–H groups in total. The largest absolute Gasteiger partial charge is 0.355 e. The normalized spacial score (nSPS) is 10.5. The van der Waals surface area contributed by atoms with Crippen LogP contribution in [0.3, 0.4) is 0 Å². The van der Waals surface area contributed by atoms with E-state index in [0.717, 1.165) is 5.56 Å². The third-order valence-corrected chi connectivity index (χ3v) is 4.24. The minimum Gasteiger partial charge on any atom is -0.355 e. The summed E-state index contributed by atoms with van der Waals surface area (Å²) < 4.78 is 13.6. The van der Waals surface area contributed by atoms with Crippen LogP contribution in [0, 0.1) is 12.7 Å². The molecule has 0 saturated heterocycles. The van der Waals surface area contributed by atoms with Crippen molar-refractivity contribution in [1.82, 2.24) is 15.2 Å². The van der Waals surface area contributed by atoms with Gasteiger partial charge in [-0.15, -0.1) is 10.2 Å². The minimum atomic E-state index is -0.293. The first kappa shape index (κ1) is 17.0. The Balaban J connectivity index is 1.66. The molecule has 0 saturated carbocycles. The number of anilines is 2. The Morgan fingerprint density at radius 1 is 1.32 bits per heavy atom. The zero-order valence-corrected chi connectivity index (χ0v) is 14.5. The number of halogens is 1. The molecule has 128 valence electrons. The molecule has 3 rings (SSSR count). The van der Waals surface area contributed by atoms with Crippen molar-refractivity contribution in [3.05, 3.63) is 64.5 Å². The van der Waals surface area contributed by atoms with Crippen LogP contribution in [0.25, 0.3) is 0 Å². The molecule has 3 aromatic rings. The van der Waals surface area contributed by atoms with E-state index in [1.165, 1.54) is 23.6 Å². The standard InChI is InChI=1S/C17H16FN5OS/c1-11-3-4-12(7-14(11)18)9-23(2)15-6-5-13(8-19-15)16(24)21-17-22-20-10-25-17/h3-8,10H,9H2,1-2H3,(H,21,22,24). The van der Waals surface area contributed by atoms with Crippen LogP contribution in [0.1, 0.15) is 21.5 Å². The Kier molecular flexibility index (Phi) is 4.99. The molecule has 2 heterocycles. The monoisotopic (exact) mass is 357 g/mol. The first-order valence-corrected chi connectivity index (χ1v) is 8.40. The van der Waals surface area contributed by atoms with Crippen LogP contribution in [0.15, 0.2) is 42.0 Å². The van der Waals surface area contributed by atoms with E-state index in [2.05, 4.69) is 20.5 Å². The molecule has 0 atom stereocenters. The van der Waals surface area contributed by atoms with Crippen LogP contribution < -0.4 is 10.2 Å². The molecule has 8 heteroatoms. The summed E-state index contributed by atoms with van der Waals surface area (Å²) in [5.41, 5.74) is 3.44. The van der Waals surface area contributed by atoms with Crippen LogP contribution in [0.5, 0.6) is 0 Å². The second-order valence-electron chi connectivity index (χ2n) is 5.54. The summed E-state index contributed by atoms with van der Waals surface area (Å²) >= 11 is 1.24. The molecule has 0 aliphatic heterocycles. The van der Waals surface area contributed by atoms with Crippen molar-refractivity contribution in [3.63, 3.8) is 0 Å². The van der Waals surface area contributed by atoms with Crippen molar-refractivity contribution >= 4 is 28.2 Å². The van der Waals surface area contributed by atoms with Crippen molar-refractivity contribution in [3.8, 4) is 0 Å². The van der Waals surface area contributed by atoms with Gasteiger partial charge in [-0.1, -0.05) is 23.5 Å². The Morgan fingerprint density at radius 2 is 2.16 bits per heavy atom. The molecule has 6 nitrogen and oxygen atoms in total. The molecule has 1 aromatic carbocycles. The molecule has 0 spiro atoms. The third-order valence-electron chi connectivity index (χ3n) is 3.64. The van der Waals surface area contributed by atoms with E-state index in [-0.39, 0.29) is 11.7 Å². The van der Waals surface area contributed by atoms with Crippen molar-refractivity contribution in [2.24, 2.45) is 0 Å². The number of hydrogen-bond acceptors (Lipinski definition) is 6. The van der Waals surface area contributed by atoms with Gasteiger partial charge in [0, 0.05) is 19.8 Å².